The lowest BCUT2D eigenvalue weighted by molar-refractivity contribution is -0.547. The van der Waals surface area contributed by atoms with E-state index in [1.807, 2.05) is 0 Å². The molecule has 1 aliphatic rings. The molecule has 0 spiro atoms. The van der Waals surface area contributed by atoms with Crippen molar-refractivity contribution in [3.63, 3.8) is 0 Å². The van der Waals surface area contributed by atoms with Gasteiger partial charge in [-0.15, -0.1) is 0 Å². The number of benzene rings is 2. The van der Waals surface area contributed by atoms with Crippen molar-refractivity contribution in [2.45, 2.75) is 39.7 Å². The minimum atomic E-state index is -0.198. The van der Waals surface area contributed by atoms with Gasteiger partial charge in [0.25, 0.3) is 11.7 Å². The van der Waals surface area contributed by atoms with E-state index in [9.17, 15) is 4.79 Å². The fraction of sp³-hybridized carbons (Fsp3) is 0.333. The second-order valence-electron chi connectivity index (χ2n) is 7.46. The van der Waals surface area contributed by atoms with E-state index in [0.29, 0.717) is 5.56 Å². The Labute approximate surface area is 154 Å². The zero-order chi connectivity index (χ0) is 18.9. The maximum Gasteiger partial charge on any atom is 0.299 e. The molecule has 1 amide bonds. The number of hydrazine groups is 1. The van der Waals surface area contributed by atoms with Crippen LogP contribution >= 0.6 is 0 Å². The Bertz CT molecular complexity index is 868. The van der Waals surface area contributed by atoms with Crippen molar-refractivity contribution in [1.29, 1.82) is 0 Å². The summed E-state index contributed by atoms with van der Waals surface area (Å²) in [6, 6.07) is 11.4. The summed E-state index contributed by atoms with van der Waals surface area (Å²) < 4.78 is 5.13. The van der Waals surface area contributed by atoms with E-state index in [0.717, 1.165) is 23.6 Å². The van der Waals surface area contributed by atoms with Crippen molar-refractivity contribution in [2.24, 2.45) is 0 Å². The summed E-state index contributed by atoms with van der Waals surface area (Å²) in [5.74, 6) is 1.34. The lowest BCUT2D eigenvalue weighted by Gasteiger charge is -2.26. The summed E-state index contributed by atoms with van der Waals surface area (Å²) >= 11 is 0. The molecule has 0 aliphatic carbocycles. The summed E-state index contributed by atoms with van der Waals surface area (Å²) in [5.41, 5.74) is 11.2. The van der Waals surface area contributed by atoms with Crippen LogP contribution in [0.15, 0.2) is 36.4 Å². The van der Waals surface area contributed by atoms with Crippen LogP contribution < -0.4 is 20.6 Å². The number of hydrogen-bond donors (Lipinski definition) is 3. The van der Waals surface area contributed by atoms with Gasteiger partial charge in [-0.05, 0) is 74.7 Å². The van der Waals surface area contributed by atoms with Gasteiger partial charge in [-0.2, -0.15) is 10.9 Å². The van der Waals surface area contributed by atoms with Gasteiger partial charge < -0.3 is 4.74 Å². The van der Waals surface area contributed by atoms with Crippen LogP contribution in [0.5, 0.6) is 5.75 Å². The lowest BCUT2D eigenvalue weighted by Crippen LogP contribution is -2.90. The first-order valence-corrected chi connectivity index (χ1v) is 8.75. The molecule has 0 atom stereocenters. The van der Waals surface area contributed by atoms with E-state index in [-0.39, 0.29) is 11.4 Å². The molecule has 0 bridgehead atoms. The van der Waals surface area contributed by atoms with Gasteiger partial charge in [0.1, 0.15) is 11.3 Å². The third-order valence-electron chi connectivity index (χ3n) is 4.74. The van der Waals surface area contributed by atoms with Crippen molar-refractivity contribution in [3.05, 3.63) is 64.2 Å². The molecule has 0 fully saturated rings. The fourth-order valence-electron chi connectivity index (χ4n) is 3.21. The summed E-state index contributed by atoms with van der Waals surface area (Å²) in [7, 11) is 1.60. The van der Waals surface area contributed by atoms with Crippen LogP contribution in [0, 0.1) is 13.8 Å². The maximum atomic E-state index is 12.4. The van der Waals surface area contributed by atoms with Gasteiger partial charge in [0.15, 0.2) is 0 Å². The molecular formula is C21H26N3O2+. The van der Waals surface area contributed by atoms with Gasteiger partial charge in [-0.25, -0.2) is 0 Å². The zero-order valence-corrected chi connectivity index (χ0v) is 16.0. The number of fused-ring (bicyclic) bond motifs is 1. The Balaban J connectivity index is 1.81. The van der Waals surface area contributed by atoms with Gasteiger partial charge in [-0.1, -0.05) is 6.07 Å². The van der Waals surface area contributed by atoms with Gasteiger partial charge in [0.2, 0.25) is 0 Å². The number of aryl methyl sites for hydroxylation is 2. The average molecular weight is 352 g/mol. The number of amidine groups is 1. The van der Waals surface area contributed by atoms with Crippen molar-refractivity contribution < 1.29 is 14.5 Å². The van der Waals surface area contributed by atoms with Crippen LogP contribution in [0.4, 0.5) is 0 Å². The quantitative estimate of drug-likeness (QED) is 0.716. The second kappa shape index (κ2) is 6.83. The molecule has 2 aromatic carbocycles. The molecule has 2 aromatic rings. The molecule has 26 heavy (non-hydrogen) atoms. The monoisotopic (exact) mass is 352 g/mol. The smallest absolute Gasteiger partial charge is 0.299 e. The molecule has 1 aliphatic heterocycles. The van der Waals surface area contributed by atoms with Crippen molar-refractivity contribution in [2.75, 3.05) is 7.11 Å². The Hall–Kier alpha value is -2.82. The number of carbonyl (C=O) groups excluding carboxylic acids is 1. The third-order valence-corrected chi connectivity index (χ3v) is 4.74. The number of nitrogens with one attached hydrogen (secondary N) is 3. The summed E-state index contributed by atoms with van der Waals surface area (Å²) in [6.07, 6.45) is 0.932. The maximum absolute atomic E-state index is 12.4. The largest absolute Gasteiger partial charge is 0.497 e. The van der Waals surface area contributed by atoms with Crippen molar-refractivity contribution >= 4 is 11.7 Å². The van der Waals surface area contributed by atoms with E-state index in [2.05, 4.69) is 55.7 Å². The van der Waals surface area contributed by atoms with E-state index in [4.69, 9.17) is 4.74 Å². The van der Waals surface area contributed by atoms with Gasteiger partial charge in [0.05, 0.1) is 12.7 Å². The van der Waals surface area contributed by atoms with Crippen LogP contribution in [-0.4, -0.2) is 24.4 Å². The predicted molar refractivity (Wildman–Crippen MR) is 102 cm³/mol. The van der Waals surface area contributed by atoms with Crippen LogP contribution in [0.25, 0.3) is 0 Å². The zero-order valence-electron chi connectivity index (χ0n) is 16.0. The van der Waals surface area contributed by atoms with Gasteiger partial charge >= 0.3 is 0 Å². The topological polar surface area (TPSA) is 64.3 Å². The summed E-state index contributed by atoms with van der Waals surface area (Å²) in [6.45, 7) is 8.53. The number of rotatable bonds is 2. The number of ether oxygens (including phenoxy) is 1. The minimum absolute atomic E-state index is 0.0954. The molecule has 5 nitrogen and oxygen atoms in total. The van der Waals surface area contributed by atoms with Crippen LogP contribution in [0.2, 0.25) is 0 Å². The molecule has 0 saturated heterocycles. The lowest BCUT2D eigenvalue weighted by atomic mass is 9.86. The van der Waals surface area contributed by atoms with Gasteiger partial charge in [-0.3, -0.25) is 9.79 Å². The van der Waals surface area contributed by atoms with Crippen molar-refractivity contribution in [1.82, 2.24) is 10.9 Å². The first-order valence-electron chi connectivity index (χ1n) is 8.75. The van der Waals surface area contributed by atoms with E-state index < -0.39 is 0 Å². The molecule has 0 unspecified atom stereocenters. The molecule has 1 heterocycles. The van der Waals surface area contributed by atoms with E-state index >= 15 is 0 Å². The number of methoxy groups -OCH3 is 1. The Morgan fingerprint density at radius 3 is 2.42 bits per heavy atom. The minimum Gasteiger partial charge on any atom is -0.497 e. The fourth-order valence-corrected chi connectivity index (χ4v) is 3.21. The molecule has 136 valence electrons. The van der Waals surface area contributed by atoms with E-state index in [1.165, 1.54) is 16.7 Å². The van der Waals surface area contributed by atoms with Crippen LogP contribution in [-0.2, 0) is 6.42 Å². The molecule has 0 aromatic heterocycles. The van der Waals surface area contributed by atoms with Gasteiger partial charge in [0, 0.05) is 12.0 Å². The standard InChI is InChI=1S/C21H25N3O2/c1-13-10-16-12-21(3,4)22-19(18(16)11-14(13)2)23-24-20(25)15-6-8-17(26-5)9-7-15/h6-11H,12H2,1-5H3,(H,22,23)(H,24,25)/p+1. The van der Waals surface area contributed by atoms with Crippen molar-refractivity contribution in [3.8, 4) is 5.75 Å². The summed E-state index contributed by atoms with van der Waals surface area (Å²) in [5, 5.41) is 0. The molecule has 0 saturated carbocycles. The average Bonchev–Trinajstić information content (AvgIpc) is 2.60. The first kappa shape index (κ1) is 18.0. The second-order valence-corrected chi connectivity index (χ2v) is 7.46. The highest BCUT2D eigenvalue weighted by atomic mass is 16.5. The highest BCUT2D eigenvalue weighted by Gasteiger charge is 2.31. The highest BCUT2D eigenvalue weighted by molar-refractivity contribution is 6.00. The normalized spacial score (nSPS) is 14.9. The Morgan fingerprint density at radius 1 is 1.12 bits per heavy atom. The Kier molecular flexibility index (Phi) is 4.72. The highest BCUT2D eigenvalue weighted by Crippen LogP contribution is 2.21. The number of carbonyl (C=O) groups is 1. The number of hydrogen-bond acceptors (Lipinski definition) is 3. The predicted octanol–water partition coefficient (Wildman–Crippen LogP) is 1.41. The van der Waals surface area contributed by atoms with Crippen LogP contribution in [0.3, 0.4) is 0 Å². The Morgan fingerprint density at radius 2 is 1.77 bits per heavy atom. The SMILES string of the molecule is COc1ccc(C(=O)NNC2=[NH+]C(C)(C)Cc3cc(C)c(C)cc32)cc1. The van der Waals surface area contributed by atoms with Crippen LogP contribution in [0.1, 0.15) is 46.5 Å². The molecule has 5 heteroatoms. The summed E-state index contributed by atoms with van der Waals surface area (Å²) in [4.78, 5) is 15.9. The van der Waals surface area contributed by atoms with E-state index in [1.54, 1.807) is 31.4 Å². The number of amides is 1. The third kappa shape index (κ3) is 3.72. The molecule has 3 N–H and O–H groups in total. The molecular weight excluding hydrogens is 326 g/mol. The molecule has 3 rings (SSSR count). The first-order chi connectivity index (χ1) is 12.3. The molecule has 0 radical (unpaired) electrons.